The van der Waals surface area contributed by atoms with Crippen LogP contribution in [0, 0.1) is 0 Å². The first kappa shape index (κ1) is 24.2. The monoisotopic (exact) mass is 469 g/mol. The van der Waals surface area contributed by atoms with Crippen molar-refractivity contribution in [3.63, 3.8) is 0 Å². The molecule has 2 amide bonds. The summed E-state index contributed by atoms with van der Waals surface area (Å²) < 4.78 is 5.12. The molecule has 1 N–H and O–H groups in total. The first-order valence-corrected chi connectivity index (χ1v) is 13.1. The van der Waals surface area contributed by atoms with Crippen LogP contribution in [0.1, 0.15) is 82.4 Å². The lowest BCUT2D eigenvalue weighted by Gasteiger charge is -2.42. The molecule has 180 valence electrons. The molecule has 1 aromatic carbocycles. The second-order valence-electron chi connectivity index (χ2n) is 11.2. The van der Waals surface area contributed by atoms with Crippen molar-refractivity contribution in [2.24, 2.45) is 0 Å². The van der Waals surface area contributed by atoms with Gasteiger partial charge in [0.1, 0.15) is 0 Å². The number of urea groups is 1. The van der Waals surface area contributed by atoms with E-state index in [-0.39, 0.29) is 22.9 Å². The Morgan fingerprint density at radius 3 is 2.52 bits per heavy atom. The average molecular weight is 470 g/mol. The highest BCUT2D eigenvalue weighted by Crippen LogP contribution is 2.47. The van der Waals surface area contributed by atoms with E-state index in [2.05, 4.69) is 56.6 Å². The van der Waals surface area contributed by atoms with Gasteiger partial charge in [-0.1, -0.05) is 39.8 Å². The van der Waals surface area contributed by atoms with E-state index in [1.807, 2.05) is 11.8 Å². The van der Waals surface area contributed by atoms with Crippen LogP contribution in [0.25, 0.3) is 11.3 Å². The van der Waals surface area contributed by atoms with Crippen molar-refractivity contribution in [1.82, 2.24) is 15.2 Å². The molecule has 1 aliphatic heterocycles. The third-order valence-corrected chi connectivity index (χ3v) is 8.60. The summed E-state index contributed by atoms with van der Waals surface area (Å²) in [6.45, 7) is 13.5. The van der Waals surface area contributed by atoms with Gasteiger partial charge in [-0.3, -0.25) is 0 Å². The fourth-order valence-electron chi connectivity index (χ4n) is 5.28. The van der Waals surface area contributed by atoms with Gasteiger partial charge in [-0.25, -0.2) is 9.78 Å². The molecule has 1 saturated heterocycles. The molecule has 2 heterocycles. The molecule has 2 aromatic rings. The van der Waals surface area contributed by atoms with Crippen molar-refractivity contribution in [2.75, 3.05) is 26.8 Å². The fourth-order valence-corrected chi connectivity index (χ4v) is 6.28. The molecule has 1 aliphatic carbocycles. The van der Waals surface area contributed by atoms with Crippen molar-refractivity contribution in [3.05, 3.63) is 39.7 Å². The summed E-state index contributed by atoms with van der Waals surface area (Å²) in [7, 11) is 1.66. The summed E-state index contributed by atoms with van der Waals surface area (Å²) in [5.41, 5.74) is 5.72. The first-order chi connectivity index (χ1) is 15.6. The third-order valence-electron chi connectivity index (χ3n) is 7.59. The maximum Gasteiger partial charge on any atom is 0.317 e. The number of methoxy groups -OCH3 is 1. The average Bonchev–Trinajstić information content (AvgIpc) is 3.27. The smallest absolute Gasteiger partial charge is 0.317 e. The van der Waals surface area contributed by atoms with Gasteiger partial charge in [0, 0.05) is 37.1 Å². The summed E-state index contributed by atoms with van der Waals surface area (Å²) in [6, 6.07) is 7.02. The van der Waals surface area contributed by atoms with Gasteiger partial charge < -0.3 is 15.0 Å². The number of thiazole rings is 1. The van der Waals surface area contributed by atoms with Gasteiger partial charge in [-0.15, -0.1) is 11.3 Å². The van der Waals surface area contributed by atoms with Crippen LogP contribution in [-0.2, 0) is 15.6 Å². The molecule has 0 radical (unpaired) electrons. The maximum absolute atomic E-state index is 12.5. The van der Waals surface area contributed by atoms with Gasteiger partial charge in [-0.2, -0.15) is 0 Å². The number of nitrogens with one attached hydrogen (secondary N) is 1. The predicted molar refractivity (Wildman–Crippen MR) is 136 cm³/mol. The van der Waals surface area contributed by atoms with E-state index >= 15 is 0 Å². The molecule has 0 bridgehead atoms. The predicted octanol–water partition coefficient (Wildman–Crippen LogP) is 6.08. The molecule has 0 spiro atoms. The van der Waals surface area contributed by atoms with Crippen LogP contribution in [-0.4, -0.2) is 48.8 Å². The molecular weight excluding hydrogens is 430 g/mol. The van der Waals surface area contributed by atoms with Crippen LogP contribution in [0.2, 0.25) is 0 Å². The number of aromatic nitrogens is 1. The van der Waals surface area contributed by atoms with E-state index in [1.165, 1.54) is 34.5 Å². The minimum Gasteiger partial charge on any atom is -0.383 e. The van der Waals surface area contributed by atoms with Gasteiger partial charge in [0.25, 0.3) is 0 Å². The Labute approximate surface area is 202 Å². The van der Waals surface area contributed by atoms with E-state index in [9.17, 15) is 4.79 Å². The van der Waals surface area contributed by atoms with E-state index in [4.69, 9.17) is 9.72 Å². The maximum atomic E-state index is 12.5. The Morgan fingerprint density at radius 2 is 1.85 bits per heavy atom. The number of rotatable bonds is 5. The molecule has 1 fully saturated rings. The second kappa shape index (κ2) is 9.38. The highest BCUT2D eigenvalue weighted by molar-refractivity contribution is 7.10. The number of likely N-dealkylation sites (tertiary alicyclic amines) is 1. The van der Waals surface area contributed by atoms with Crippen LogP contribution in [0.3, 0.4) is 0 Å². The number of hydrogen-bond acceptors (Lipinski definition) is 4. The number of carbonyl (C=O) groups excluding carboxylic acids is 1. The van der Waals surface area contributed by atoms with Crippen molar-refractivity contribution < 1.29 is 9.53 Å². The molecule has 4 rings (SSSR count). The van der Waals surface area contributed by atoms with Gasteiger partial charge in [0.2, 0.25) is 0 Å². The largest absolute Gasteiger partial charge is 0.383 e. The lowest BCUT2D eigenvalue weighted by atomic mass is 9.63. The minimum absolute atomic E-state index is 0.0115. The number of benzene rings is 1. The summed E-state index contributed by atoms with van der Waals surface area (Å²) in [5.74, 6) is 0.428. The molecule has 0 saturated carbocycles. The van der Waals surface area contributed by atoms with Gasteiger partial charge in [0.15, 0.2) is 0 Å². The topological polar surface area (TPSA) is 54.5 Å². The highest BCUT2D eigenvalue weighted by Gasteiger charge is 2.37. The van der Waals surface area contributed by atoms with Crippen LogP contribution >= 0.6 is 11.3 Å². The summed E-state index contributed by atoms with van der Waals surface area (Å²) in [5, 5.41) is 6.43. The number of fused-ring (bicyclic) bond motifs is 1. The number of piperidine rings is 1. The molecule has 1 unspecified atom stereocenters. The van der Waals surface area contributed by atoms with E-state index < -0.39 is 0 Å². The fraction of sp³-hybridized carbons (Fsp3) is 0.630. The molecule has 1 atom stereocenters. The van der Waals surface area contributed by atoms with E-state index in [0.29, 0.717) is 12.5 Å². The van der Waals surface area contributed by atoms with Crippen molar-refractivity contribution in [1.29, 1.82) is 0 Å². The van der Waals surface area contributed by atoms with Crippen molar-refractivity contribution >= 4 is 17.4 Å². The number of hydrogen-bond donors (Lipinski definition) is 1. The molecule has 2 aliphatic rings. The molecule has 1 aromatic heterocycles. The Bertz CT molecular complexity index is 989. The molecule has 6 heteroatoms. The lowest BCUT2D eigenvalue weighted by molar-refractivity contribution is 0.153. The van der Waals surface area contributed by atoms with Crippen LogP contribution in [0.5, 0.6) is 0 Å². The zero-order valence-electron chi connectivity index (χ0n) is 21.0. The normalized spacial score (nSPS) is 20.8. The zero-order valence-corrected chi connectivity index (χ0v) is 21.8. The Morgan fingerprint density at radius 1 is 1.18 bits per heavy atom. The number of ether oxygens (including phenoxy) is 1. The lowest BCUT2D eigenvalue weighted by Crippen LogP contribution is -2.47. The van der Waals surface area contributed by atoms with Crippen LogP contribution in [0.4, 0.5) is 4.79 Å². The Balaban J connectivity index is 1.44. The quantitative estimate of drug-likeness (QED) is 0.577. The molecular formula is C27H39N3O2S. The SMILES string of the molecule is COCC(C)NC(=O)N1CCC(c2nc(-c3ccc4c(c3)C(C)(C)CCC4(C)C)cs2)CC1. The van der Waals surface area contributed by atoms with Gasteiger partial charge in [-0.05, 0) is 60.6 Å². The Hall–Kier alpha value is -1.92. The van der Waals surface area contributed by atoms with Gasteiger partial charge in [0.05, 0.1) is 23.4 Å². The second-order valence-corrected chi connectivity index (χ2v) is 12.1. The molecule has 33 heavy (non-hydrogen) atoms. The number of carbonyl (C=O) groups is 1. The first-order valence-electron chi connectivity index (χ1n) is 12.3. The Kier molecular flexibility index (Phi) is 6.88. The highest BCUT2D eigenvalue weighted by atomic mass is 32.1. The van der Waals surface area contributed by atoms with E-state index in [1.54, 1.807) is 18.4 Å². The molecule has 5 nitrogen and oxygen atoms in total. The van der Waals surface area contributed by atoms with Gasteiger partial charge >= 0.3 is 6.03 Å². The summed E-state index contributed by atoms with van der Waals surface area (Å²) in [4.78, 5) is 19.5. The zero-order chi connectivity index (χ0) is 23.8. The van der Waals surface area contributed by atoms with Crippen molar-refractivity contribution in [2.45, 2.75) is 83.1 Å². The van der Waals surface area contributed by atoms with E-state index in [0.717, 1.165) is 31.6 Å². The standard InChI is InChI=1S/C27H39N3O2S/c1-18(16-32-6)28-25(31)30-13-9-19(10-14-30)24-29-23(17-33-24)20-7-8-21-22(15-20)27(4,5)12-11-26(21,2)3/h7-8,15,17-19H,9-14,16H2,1-6H3,(H,28,31). The minimum atomic E-state index is 0.0115. The summed E-state index contributed by atoms with van der Waals surface area (Å²) in [6.07, 6.45) is 4.37. The third kappa shape index (κ3) is 5.12. The van der Waals surface area contributed by atoms with Crippen LogP contribution in [0.15, 0.2) is 23.6 Å². The number of amides is 2. The van der Waals surface area contributed by atoms with Crippen molar-refractivity contribution in [3.8, 4) is 11.3 Å². The van der Waals surface area contributed by atoms with Crippen LogP contribution < -0.4 is 5.32 Å². The number of nitrogens with zero attached hydrogens (tertiary/aromatic N) is 2. The summed E-state index contributed by atoms with van der Waals surface area (Å²) >= 11 is 1.77.